The molecule has 0 fully saturated rings. The fourth-order valence-corrected chi connectivity index (χ4v) is 3.43. The van der Waals surface area contributed by atoms with E-state index in [2.05, 4.69) is 41.0 Å². The van der Waals surface area contributed by atoms with Crippen LogP contribution in [-0.4, -0.2) is 57.6 Å². The molecule has 0 aliphatic rings. The minimum Gasteiger partial charge on any atom is -0.309 e. The van der Waals surface area contributed by atoms with E-state index in [-0.39, 0.29) is 5.82 Å². The van der Waals surface area contributed by atoms with Gasteiger partial charge in [-0.15, -0.1) is 11.5 Å². The van der Waals surface area contributed by atoms with Crippen LogP contribution in [0.5, 0.6) is 0 Å². The molecule has 0 saturated heterocycles. The van der Waals surface area contributed by atoms with Gasteiger partial charge in [0.15, 0.2) is 6.10 Å². The van der Waals surface area contributed by atoms with Crippen LogP contribution in [0.1, 0.15) is 25.6 Å². The van der Waals surface area contributed by atoms with Crippen molar-refractivity contribution in [1.29, 1.82) is 0 Å². The minimum atomic E-state index is -3.81. The average molecular weight is 484 g/mol. The van der Waals surface area contributed by atoms with Gasteiger partial charge >= 0.3 is 0 Å². The lowest BCUT2D eigenvalue weighted by Crippen LogP contribution is -2.30. The molecule has 3 aromatic heterocycles. The highest BCUT2D eigenvalue weighted by atomic mass is 32.2. The molecule has 12 nitrogen and oxygen atoms in total. The maximum atomic E-state index is 12.8. The Kier molecular flexibility index (Phi) is 7.34. The van der Waals surface area contributed by atoms with Crippen LogP contribution in [0.15, 0.2) is 42.6 Å². The van der Waals surface area contributed by atoms with Crippen LogP contribution >= 0.6 is 0 Å². The summed E-state index contributed by atoms with van der Waals surface area (Å²) in [5, 5.41) is 13.0. The first kappa shape index (κ1) is 24.5. The van der Waals surface area contributed by atoms with Crippen molar-refractivity contribution in [2.75, 3.05) is 16.9 Å². The van der Waals surface area contributed by atoms with E-state index < -0.39 is 34.1 Å². The van der Waals surface area contributed by atoms with E-state index >= 15 is 0 Å². The zero-order valence-electron chi connectivity index (χ0n) is 18.5. The van der Waals surface area contributed by atoms with Crippen LogP contribution in [0.3, 0.4) is 0 Å². The highest BCUT2D eigenvalue weighted by Gasteiger charge is 2.22. The van der Waals surface area contributed by atoms with Crippen LogP contribution in [0, 0.1) is 12.3 Å². The summed E-state index contributed by atoms with van der Waals surface area (Å²) in [7, 11) is -3.81. The number of carbonyl (C=O) groups is 2. The first-order valence-electron chi connectivity index (χ1n) is 9.88. The zero-order valence-corrected chi connectivity index (χ0v) is 19.3. The zero-order chi connectivity index (χ0) is 24.9. The lowest BCUT2D eigenvalue weighted by Gasteiger charge is -2.15. The summed E-state index contributed by atoms with van der Waals surface area (Å²) >= 11 is 0. The molecule has 0 saturated carbocycles. The van der Waals surface area contributed by atoms with Gasteiger partial charge < -0.3 is 10.6 Å². The molecular formula is C21H21N7O5S. The lowest BCUT2D eigenvalue weighted by molar-refractivity contribution is -0.122. The third-order valence-corrected chi connectivity index (χ3v) is 5.06. The molecule has 0 radical (unpaired) electrons. The lowest BCUT2D eigenvalue weighted by atomic mass is 10.2. The number of anilines is 2. The van der Waals surface area contributed by atoms with E-state index in [0.717, 1.165) is 6.26 Å². The monoisotopic (exact) mass is 483 g/mol. The molecule has 0 aliphatic carbocycles. The predicted octanol–water partition coefficient (Wildman–Crippen LogP) is 1.22. The maximum Gasteiger partial charge on any atom is 0.265 e. The first-order chi connectivity index (χ1) is 16.1. The molecule has 13 heteroatoms. The van der Waals surface area contributed by atoms with Crippen molar-refractivity contribution in [2.24, 2.45) is 0 Å². The third kappa shape index (κ3) is 6.21. The van der Waals surface area contributed by atoms with Gasteiger partial charge in [0.05, 0.1) is 18.1 Å². The normalized spacial score (nSPS) is 12.9. The van der Waals surface area contributed by atoms with Crippen molar-refractivity contribution in [3.8, 4) is 23.7 Å². The topological polar surface area (TPSA) is 158 Å². The molecule has 3 heterocycles. The molecular weight excluding hydrogens is 462 g/mol. The Bertz CT molecular complexity index is 1360. The summed E-state index contributed by atoms with van der Waals surface area (Å²) in [6.45, 7) is 2.92. The molecule has 3 aromatic rings. The second-order valence-electron chi connectivity index (χ2n) is 7.12. The van der Waals surface area contributed by atoms with E-state index in [9.17, 15) is 18.0 Å². The number of hydrogen-bond donors (Lipinski definition) is 2. The van der Waals surface area contributed by atoms with Crippen LogP contribution in [0.4, 0.5) is 11.6 Å². The number of pyridine rings is 2. The number of hydrogen-bond acceptors (Lipinski definition) is 9. The summed E-state index contributed by atoms with van der Waals surface area (Å²) in [4.78, 5) is 33.5. The van der Waals surface area contributed by atoms with Crippen molar-refractivity contribution in [3.63, 3.8) is 0 Å². The van der Waals surface area contributed by atoms with Gasteiger partial charge in [0.2, 0.25) is 5.91 Å². The van der Waals surface area contributed by atoms with Crippen LogP contribution in [-0.2, 0) is 23.9 Å². The number of nitrogens with zero attached hydrogens (tertiary/aromatic N) is 5. The van der Waals surface area contributed by atoms with Gasteiger partial charge in [-0.1, -0.05) is 23.3 Å². The quantitative estimate of drug-likeness (QED) is 0.355. The second-order valence-corrected chi connectivity index (χ2v) is 8.72. The highest BCUT2D eigenvalue weighted by molar-refractivity contribution is 7.86. The Hall–Kier alpha value is -4.15. The Morgan fingerprint density at radius 2 is 1.71 bits per heavy atom. The number of rotatable bonds is 8. The Balaban J connectivity index is 1.77. The summed E-state index contributed by atoms with van der Waals surface area (Å²) in [5.41, 5.74) is 1.15. The van der Waals surface area contributed by atoms with Crippen molar-refractivity contribution >= 4 is 33.6 Å². The number of aromatic nitrogens is 5. The molecule has 34 heavy (non-hydrogen) atoms. The van der Waals surface area contributed by atoms with E-state index in [1.165, 1.54) is 23.9 Å². The molecule has 0 spiro atoms. The Morgan fingerprint density at radius 1 is 1.06 bits per heavy atom. The summed E-state index contributed by atoms with van der Waals surface area (Å²) < 4.78 is 28.5. The fraction of sp³-hybridized carbons (Fsp3) is 0.238. The van der Waals surface area contributed by atoms with E-state index in [1.54, 1.807) is 37.3 Å². The smallest absolute Gasteiger partial charge is 0.265 e. The fourth-order valence-electron chi connectivity index (χ4n) is 2.82. The van der Waals surface area contributed by atoms with Gasteiger partial charge in [-0.25, -0.2) is 14.6 Å². The minimum absolute atomic E-state index is 0.145. The number of carbonyl (C=O) groups excluding carboxylic acids is 2. The molecule has 2 N–H and O–H groups in total. The van der Waals surface area contributed by atoms with Crippen LogP contribution in [0.25, 0.3) is 11.4 Å². The predicted molar refractivity (Wildman–Crippen MR) is 123 cm³/mol. The number of amides is 2. The Labute approximate surface area is 195 Å². The van der Waals surface area contributed by atoms with Crippen molar-refractivity contribution in [2.45, 2.75) is 26.0 Å². The molecule has 2 amide bonds. The molecule has 0 bridgehead atoms. The van der Waals surface area contributed by atoms with E-state index in [4.69, 9.17) is 6.42 Å². The van der Waals surface area contributed by atoms with Gasteiger partial charge in [-0.3, -0.25) is 13.8 Å². The van der Waals surface area contributed by atoms with Gasteiger partial charge in [0, 0.05) is 0 Å². The molecule has 176 valence electrons. The van der Waals surface area contributed by atoms with Crippen molar-refractivity contribution in [3.05, 3.63) is 48.3 Å². The summed E-state index contributed by atoms with van der Waals surface area (Å²) in [6.07, 6.45) is 6.36. The average Bonchev–Trinajstić information content (AvgIpc) is 3.27. The SMILES string of the molecule is C#Cc1cccc(NC(=O)[C@@H](C)n2nncc2-c2cccc(NC(=O)[C@H](C)OS(C)(=O)=O)n2)n1. The molecule has 0 unspecified atom stereocenters. The van der Waals surface area contributed by atoms with Gasteiger partial charge in [0.25, 0.3) is 16.0 Å². The summed E-state index contributed by atoms with van der Waals surface area (Å²) in [6, 6.07) is 8.91. The largest absolute Gasteiger partial charge is 0.309 e. The molecule has 0 aromatic carbocycles. The first-order valence-corrected chi connectivity index (χ1v) is 11.7. The third-order valence-electron chi connectivity index (χ3n) is 4.42. The molecule has 0 aliphatic heterocycles. The Morgan fingerprint density at radius 3 is 2.38 bits per heavy atom. The van der Waals surface area contributed by atoms with Gasteiger partial charge in [0.1, 0.15) is 29.1 Å². The van der Waals surface area contributed by atoms with Crippen LogP contribution in [0.2, 0.25) is 0 Å². The molecule has 2 atom stereocenters. The molecule has 3 rings (SSSR count). The number of nitrogens with one attached hydrogen (secondary N) is 2. The van der Waals surface area contributed by atoms with Gasteiger partial charge in [-0.2, -0.15) is 8.42 Å². The number of terminal acetylenes is 1. The van der Waals surface area contributed by atoms with Gasteiger partial charge in [-0.05, 0) is 38.1 Å². The van der Waals surface area contributed by atoms with Crippen molar-refractivity contribution < 1.29 is 22.2 Å². The second kappa shape index (κ2) is 10.2. The van der Waals surface area contributed by atoms with E-state index in [1.807, 2.05) is 0 Å². The summed E-state index contributed by atoms with van der Waals surface area (Å²) in [5.74, 6) is 1.73. The maximum absolute atomic E-state index is 12.8. The van der Waals surface area contributed by atoms with Crippen molar-refractivity contribution in [1.82, 2.24) is 25.0 Å². The highest BCUT2D eigenvalue weighted by Crippen LogP contribution is 2.22. The van der Waals surface area contributed by atoms with Crippen LogP contribution < -0.4 is 10.6 Å². The van der Waals surface area contributed by atoms with E-state index in [0.29, 0.717) is 22.9 Å². The standard InChI is InChI=1S/C21H21N7O5S/c1-5-15-8-6-10-18(23-15)25-20(29)13(2)28-17(12-22-27-28)16-9-7-11-19(24-16)26-21(30)14(3)33-34(4,31)32/h1,6-14H,2-4H3,(H,23,25,29)(H,24,26,30)/t13-,14+/m1/s1.